The summed E-state index contributed by atoms with van der Waals surface area (Å²) in [5.74, 6) is -0.236. The molecular weight excluding hydrogens is 396 g/mol. The third-order valence-corrected chi connectivity index (χ3v) is 7.42. The van der Waals surface area contributed by atoms with Crippen molar-refractivity contribution in [2.45, 2.75) is 25.2 Å². The quantitative estimate of drug-likeness (QED) is 0.625. The highest BCUT2D eigenvalue weighted by molar-refractivity contribution is 7.92. The first-order valence-corrected chi connectivity index (χ1v) is 11.4. The number of aryl methyl sites for hydroxylation is 1. The Labute approximate surface area is 177 Å². The zero-order valence-corrected chi connectivity index (χ0v) is 17.9. The Kier molecular flexibility index (Phi) is 5.35. The Bertz CT molecular complexity index is 1190. The van der Waals surface area contributed by atoms with Crippen LogP contribution in [0.15, 0.2) is 77.7 Å². The van der Waals surface area contributed by atoms with Gasteiger partial charge in [-0.25, -0.2) is 8.42 Å². The predicted molar refractivity (Wildman–Crippen MR) is 119 cm³/mol. The largest absolute Gasteiger partial charge is 0.310 e. The summed E-state index contributed by atoms with van der Waals surface area (Å²) < 4.78 is 28.3. The lowest BCUT2D eigenvalue weighted by molar-refractivity contribution is -0.117. The second kappa shape index (κ2) is 7.95. The van der Waals surface area contributed by atoms with Crippen molar-refractivity contribution < 1.29 is 13.2 Å². The van der Waals surface area contributed by atoms with Gasteiger partial charge in [0, 0.05) is 12.2 Å². The molecule has 0 aliphatic carbocycles. The number of hydrogen-bond acceptors (Lipinski definition) is 3. The standard InChI is InChI=1S/C24H24N2O3S/c1-18-9-8-14-22(19(18)2)26(30(28,29)21-11-4-3-5-12-21)17-24(27)25-16-15-20-10-6-7-13-23(20)25/h3-14H,15-17H2,1-2H3. The second-order valence-corrected chi connectivity index (χ2v) is 9.33. The van der Waals surface area contributed by atoms with Gasteiger partial charge in [0.1, 0.15) is 6.54 Å². The van der Waals surface area contributed by atoms with Crippen LogP contribution in [-0.2, 0) is 21.2 Å². The summed E-state index contributed by atoms with van der Waals surface area (Å²) in [6.45, 7) is 4.12. The van der Waals surface area contributed by atoms with Crippen LogP contribution in [0.3, 0.4) is 0 Å². The zero-order valence-electron chi connectivity index (χ0n) is 17.1. The van der Waals surface area contributed by atoms with Crippen molar-refractivity contribution in [2.75, 3.05) is 22.3 Å². The SMILES string of the molecule is Cc1cccc(N(CC(=O)N2CCc3ccccc32)S(=O)(=O)c2ccccc2)c1C. The van der Waals surface area contributed by atoms with Crippen molar-refractivity contribution in [1.29, 1.82) is 0 Å². The molecule has 30 heavy (non-hydrogen) atoms. The number of sulfonamides is 1. The number of amides is 1. The van der Waals surface area contributed by atoms with Crippen LogP contribution < -0.4 is 9.21 Å². The van der Waals surface area contributed by atoms with Crippen LogP contribution in [0.4, 0.5) is 11.4 Å². The maximum Gasteiger partial charge on any atom is 0.264 e. The third kappa shape index (κ3) is 3.59. The predicted octanol–water partition coefficient (Wildman–Crippen LogP) is 4.09. The summed E-state index contributed by atoms with van der Waals surface area (Å²) in [4.78, 5) is 15.1. The molecule has 0 bridgehead atoms. The molecule has 1 amide bonds. The normalized spacial score (nSPS) is 13.2. The highest BCUT2D eigenvalue weighted by Crippen LogP contribution is 2.31. The van der Waals surface area contributed by atoms with E-state index in [1.165, 1.54) is 4.31 Å². The van der Waals surface area contributed by atoms with Crippen LogP contribution in [-0.4, -0.2) is 27.4 Å². The number of carbonyl (C=O) groups is 1. The molecule has 0 fully saturated rings. The molecule has 1 aliphatic heterocycles. The summed E-state index contributed by atoms with van der Waals surface area (Å²) in [7, 11) is -3.91. The van der Waals surface area contributed by atoms with E-state index in [0.29, 0.717) is 12.2 Å². The van der Waals surface area contributed by atoms with Crippen molar-refractivity contribution in [1.82, 2.24) is 0 Å². The fraction of sp³-hybridized carbons (Fsp3) is 0.208. The molecule has 6 heteroatoms. The van der Waals surface area contributed by atoms with Crippen LogP contribution in [0.5, 0.6) is 0 Å². The van der Waals surface area contributed by atoms with Gasteiger partial charge in [-0.05, 0) is 61.2 Å². The van der Waals surface area contributed by atoms with Crippen molar-refractivity contribution in [3.8, 4) is 0 Å². The molecule has 5 nitrogen and oxygen atoms in total. The Balaban J connectivity index is 1.75. The molecule has 0 saturated carbocycles. The molecule has 0 atom stereocenters. The van der Waals surface area contributed by atoms with E-state index in [4.69, 9.17) is 0 Å². The van der Waals surface area contributed by atoms with E-state index in [9.17, 15) is 13.2 Å². The van der Waals surface area contributed by atoms with Gasteiger partial charge in [-0.15, -0.1) is 0 Å². The van der Waals surface area contributed by atoms with E-state index in [2.05, 4.69) is 0 Å². The first-order valence-electron chi connectivity index (χ1n) is 9.92. The minimum Gasteiger partial charge on any atom is -0.310 e. The van der Waals surface area contributed by atoms with E-state index >= 15 is 0 Å². The number of hydrogen-bond donors (Lipinski definition) is 0. The topological polar surface area (TPSA) is 57.7 Å². The van der Waals surface area contributed by atoms with E-state index < -0.39 is 10.0 Å². The second-order valence-electron chi connectivity index (χ2n) is 7.47. The molecule has 4 rings (SSSR count). The molecule has 1 aliphatic rings. The van der Waals surface area contributed by atoms with Crippen LogP contribution in [0, 0.1) is 13.8 Å². The van der Waals surface area contributed by atoms with Crippen molar-refractivity contribution in [3.63, 3.8) is 0 Å². The molecule has 0 N–H and O–H groups in total. The van der Waals surface area contributed by atoms with Gasteiger partial charge < -0.3 is 4.90 Å². The van der Waals surface area contributed by atoms with E-state index in [1.807, 2.05) is 50.2 Å². The van der Waals surface area contributed by atoms with Crippen LogP contribution in [0.2, 0.25) is 0 Å². The Morgan fingerprint density at radius 1 is 0.933 bits per heavy atom. The molecule has 0 radical (unpaired) electrons. The van der Waals surface area contributed by atoms with Gasteiger partial charge >= 0.3 is 0 Å². The number of carbonyl (C=O) groups excluding carboxylic acids is 1. The van der Waals surface area contributed by atoms with Crippen molar-refractivity contribution in [2.24, 2.45) is 0 Å². The highest BCUT2D eigenvalue weighted by Gasteiger charge is 2.32. The molecule has 0 unspecified atom stereocenters. The average Bonchev–Trinajstić information content (AvgIpc) is 3.19. The number of anilines is 2. The van der Waals surface area contributed by atoms with E-state index in [0.717, 1.165) is 28.8 Å². The van der Waals surface area contributed by atoms with Gasteiger partial charge in [0.25, 0.3) is 10.0 Å². The summed E-state index contributed by atoms with van der Waals surface area (Å²) in [6.07, 6.45) is 0.775. The van der Waals surface area contributed by atoms with Gasteiger partial charge in [0.15, 0.2) is 0 Å². The third-order valence-electron chi connectivity index (χ3n) is 5.64. The Hall–Kier alpha value is -3.12. The van der Waals surface area contributed by atoms with Gasteiger partial charge in [-0.2, -0.15) is 0 Å². The maximum atomic E-state index is 13.5. The van der Waals surface area contributed by atoms with Crippen LogP contribution in [0.1, 0.15) is 16.7 Å². The summed E-state index contributed by atoms with van der Waals surface area (Å²) in [5.41, 5.74) is 4.31. The fourth-order valence-corrected chi connectivity index (χ4v) is 5.32. The van der Waals surface area contributed by atoms with Crippen LogP contribution >= 0.6 is 0 Å². The van der Waals surface area contributed by atoms with Crippen LogP contribution in [0.25, 0.3) is 0 Å². The van der Waals surface area contributed by atoms with Gasteiger partial charge in [0.05, 0.1) is 10.6 Å². The number of benzene rings is 3. The lowest BCUT2D eigenvalue weighted by Gasteiger charge is -2.28. The highest BCUT2D eigenvalue weighted by atomic mass is 32.2. The number of nitrogens with zero attached hydrogens (tertiary/aromatic N) is 2. The zero-order chi connectivity index (χ0) is 21.3. The molecule has 3 aromatic carbocycles. The van der Waals surface area contributed by atoms with E-state index in [1.54, 1.807) is 41.3 Å². The molecular formula is C24H24N2O3S. The molecule has 0 spiro atoms. The van der Waals surface area contributed by atoms with E-state index in [-0.39, 0.29) is 17.3 Å². The smallest absolute Gasteiger partial charge is 0.264 e. The Morgan fingerprint density at radius 3 is 2.40 bits per heavy atom. The molecule has 3 aromatic rings. The first-order chi connectivity index (χ1) is 14.4. The number of para-hydroxylation sites is 1. The minimum absolute atomic E-state index is 0.167. The summed E-state index contributed by atoms with van der Waals surface area (Å²) >= 11 is 0. The molecule has 1 heterocycles. The first kappa shape index (κ1) is 20.2. The number of fused-ring (bicyclic) bond motifs is 1. The van der Waals surface area contributed by atoms with Gasteiger partial charge in [-0.1, -0.05) is 48.5 Å². The Morgan fingerprint density at radius 2 is 1.63 bits per heavy atom. The molecule has 0 saturated heterocycles. The average molecular weight is 421 g/mol. The summed E-state index contributed by atoms with van der Waals surface area (Å²) in [5, 5.41) is 0. The minimum atomic E-state index is -3.91. The van der Waals surface area contributed by atoms with Gasteiger partial charge in [0.2, 0.25) is 5.91 Å². The molecule has 0 aromatic heterocycles. The van der Waals surface area contributed by atoms with Crippen molar-refractivity contribution >= 4 is 27.3 Å². The maximum absolute atomic E-state index is 13.5. The summed E-state index contributed by atoms with van der Waals surface area (Å²) in [6, 6.07) is 21.5. The lowest BCUT2D eigenvalue weighted by Crippen LogP contribution is -2.43. The number of rotatable bonds is 5. The van der Waals surface area contributed by atoms with Gasteiger partial charge in [-0.3, -0.25) is 9.10 Å². The van der Waals surface area contributed by atoms with Crippen molar-refractivity contribution in [3.05, 3.63) is 89.5 Å². The fourth-order valence-electron chi connectivity index (χ4n) is 3.83. The lowest BCUT2D eigenvalue weighted by atomic mass is 10.1. The monoisotopic (exact) mass is 420 g/mol. The molecule has 154 valence electrons.